The second-order valence-electron chi connectivity index (χ2n) is 6.63. The van der Waals surface area contributed by atoms with Crippen molar-refractivity contribution in [3.8, 4) is 0 Å². The Morgan fingerprint density at radius 2 is 1.32 bits per heavy atom. The first-order valence-electron chi connectivity index (χ1n) is 9.00. The van der Waals surface area contributed by atoms with Crippen LogP contribution in [0.15, 0.2) is 11.4 Å². The van der Waals surface area contributed by atoms with Crippen LogP contribution in [-0.2, 0) is 6.42 Å². The van der Waals surface area contributed by atoms with Gasteiger partial charge in [0.25, 0.3) is 0 Å². The van der Waals surface area contributed by atoms with Gasteiger partial charge in [0.15, 0.2) is 0 Å². The molecule has 1 rings (SSSR count). The van der Waals surface area contributed by atoms with Crippen LogP contribution in [0.1, 0.15) is 76.7 Å². The van der Waals surface area contributed by atoms with E-state index in [9.17, 15) is 0 Å². The maximum atomic E-state index is 2.40. The molecule has 0 aromatic carbocycles. The van der Waals surface area contributed by atoms with Crippen molar-refractivity contribution in [3.63, 3.8) is 0 Å². The minimum absolute atomic E-state index is 1.29. The molecule has 0 unspecified atom stereocenters. The van der Waals surface area contributed by atoms with E-state index < -0.39 is 0 Å². The van der Waals surface area contributed by atoms with Gasteiger partial charge < -0.3 is 4.90 Å². The molecule has 0 bridgehead atoms. The molecule has 128 valence electrons. The van der Waals surface area contributed by atoms with E-state index >= 15 is 0 Å². The van der Waals surface area contributed by atoms with Crippen LogP contribution in [0.3, 0.4) is 0 Å². The molecule has 22 heavy (non-hydrogen) atoms. The van der Waals surface area contributed by atoms with E-state index in [-0.39, 0.29) is 0 Å². The predicted molar refractivity (Wildman–Crippen MR) is 106 cm³/mol. The molecular formula is C19H37NSSn. The fourth-order valence-corrected chi connectivity index (χ4v) is 4.23. The Morgan fingerprint density at radius 1 is 0.864 bits per heavy atom. The maximum Gasteiger partial charge on any atom is -0.0140 e. The van der Waals surface area contributed by atoms with Gasteiger partial charge in [0, 0.05) is 0 Å². The Labute approximate surface area is 157 Å². The molecule has 2 radical (unpaired) electrons. The van der Waals surface area contributed by atoms with Gasteiger partial charge in [-0.05, 0) is 21.1 Å². The average molecular weight is 430 g/mol. The first kappa shape index (κ1) is 22.5. The minimum Gasteiger partial charge on any atom is -0.312 e. The van der Waals surface area contributed by atoms with Gasteiger partial charge >= 0.3 is 112 Å². The van der Waals surface area contributed by atoms with Crippen molar-refractivity contribution < 1.29 is 0 Å². The number of thiophene rings is 1. The molecule has 0 saturated heterocycles. The molecule has 0 aliphatic carbocycles. The first-order chi connectivity index (χ1) is 10.6. The second kappa shape index (κ2) is 16.3. The van der Waals surface area contributed by atoms with Gasteiger partial charge in [0.1, 0.15) is 0 Å². The number of unbranched alkanes of at least 4 members (excludes halogenated alkanes) is 9. The zero-order valence-corrected chi connectivity index (χ0v) is 19.5. The molecule has 0 atom stereocenters. The Bertz CT molecular complexity index is 333. The van der Waals surface area contributed by atoms with Crippen molar-refractivity contribution in [2.75, 3.05) is 21.1 Å². The monoisotopic (exact) mass is 431 g/mol. The van der Waals surface area contributed by atoms with E-state index in [1.54, 1.807) is 8.46 Å². The largest absolute Gasteiger partial charge is 0.312 e. The Hall–Kier alpha value is 0.459. The van der Waals surface area contributed by atoms with Crippen LogP contribution in [0.4, 0.5) is 0 Å². The van der Waals surface area contributed by atoms with E-state index in [1.807, 2.05) is 37.4 Å². The van der Waals surface area contributed by atoms with Crippen LogP contribution in [0, 0.1) is 0 Å². The standard InChI is InChI=1S/C16H27S.C3H9N.Sn.H/c1-2-3-4-5-6-7-8-9-10-11-12-16-13-14-17-15-16;1-4(2)3;;/h13,15H,2-12H2,1H3;1-3H3;;. The summed E-state index contributed by atoms with van der Waals surface area (Å²) in [6.45, 7) is 2.29. The molecular weight excluding hydrogens is 393 g/mol. The molecule has 1 aromatic heterocycles. The molecule has 3 heteroatoms. The van der Waals surface area contributed by atoms with Crippen LogP contribution in [0.2, 0.25) is 0 Å². The van der Waals surface area contributed by atoms with E-state index in [0.29, 0.717) is 0 Å². The molecule has 1 aromatic rings. The Kier molecular flexibility index (Phi) is 16.7. The van der Waals surface area contributed by atoms with Crippen molar-refractivity contribution in [2.45, 2.75) is 77.6 Å². The number of aryl methyl sites for hydroxylation is 1. The van der Waals surface area contributed by atoms with E-state index in [4.69, 9.17) is 0 Å². The second-order valence-corrected chi connectivity index (χ2v) is 10.5. The summed E-state index contributed by atoms with van der Waals surface area (Å²) >= 11 is 3.23. The summed E-state index contributed by atoms with van der Waals surface area (Å²) in [6, 6.07) is 2.40. The molecule has 0 fully saturated rings. The zero-order chi connectivity index (χ0) is 16.6. The normalized spacial score (nSPS) is 10.6. The van der Waals surface area contributed by atoms with Crippen LogP contribution >= 0.6 is 11.3 Å². The van der Waals surface area contributed by atoms with Crippen molar-refractivity contribution >= 4 is 36.8 Å². The molecule has 0 aliphatic rings. The van der Waals surface area contributed by atoms with Crippen molar-refractivity contribution in [3.05, 3.63) is 17.0 Å². The van der Waals surface area contributed by atoms with Gasteiger partial charge in [0.05, 0.1) is 0 Å². The fourth-order valence-electron chi connectivity index (χ4n) is 2.34. The summed E-state index contributed by atoms with van der Waals surface area (Å²) in [5, 5.41) is 2.35. The maximum absolute atomic E-state index is 2.40. The van der Waals surface area contributed by atoms with Crippen molar-refractivity contribution in [1.82, 2.24) is 4.90 Å². The number of hydrogen-bond donors (Lipinski definition) is 0. The molecule has 0 N–H and O–H groups in total. The molecule has 1 heterocycles. The quantitative estimate of drug-likeness (QED) is 0.356. The summed E-state index contributed by atoms with van der Waals surface area (Å²) in [6.07, 6.45) is 15.7. The third-order valence-electron chi connectivity index (χ3n) is 3.49. The third kappa shape index (κ3) is 16.8. The van der Waals surface area contributed by atoms with Gasteiger partial charge in [-0.2, -0.15) is 0 Å². The van der Waals surface area contributed by atoms with Crippen LogP contribution in [-0.4, -0.2) is 48.6 Å². The van der Waals surface area contributed by atoms with Gasteiger partial charge in [-0.15, -0.1) is 0 Å². The molecule has 0 aliphatic heterocycles. The molecule has 0 spiro atoms. The summed E-state index contributed by atoms with van der Waals surface area (Å²) in [7, 11) is 6.00. The van der Waals surface area contributed by atoms with E-state index in [0.717, 1.165) is 0 Å². The fraction of sp³-hybridized carbons (Fsp3) is 0.789. The van der Waals surface area contributed by atoms with Crippen LogP contribution in [0.5, 0.6) is 0 Å². The number of nitrogens with zero attached hydrogens (tertiary/aromatic N) is 1. The summed E-state index contributed by atoms with van der Waals surface area (Å²) in [5.41, 5.74) is 1.59. The first-order valence-corrected chi connectivity index (χ1v) is 11.5. The van der Waals surface area contributed by atoms with Gasteiger partial charge in [-0.25, -0.2) is 0 Å². The molecule has 1 nitrogen and oxygen atoms in total. The van der Waals surface area contributed by atoms with Gasteiger partial charge in [-0.1, -0.05) is 19.8 Å². The van der Waals surface area contributed by atoms with Crippen molar-refractivity contribution in [2.24, 2.45) is 0 Å². The van der Waals surface area contributed by atoms with E-state index in [2.05, 4.69) is 18.4 Å². The Balaban J connectivity index is 0.000000980. The summed E-state index contributed by atoms with van der Waals surface area (Å²) in [5.74, 6) is 0. The topological polar surface area (TPSA) is 3.24 Å². The van der Waals surface area contributed by atoms with Gasteiger partial charge in [-0.3, -0.25) is 0 Å². The van der Waals surface area contributed by atoms with Crippen LogP contribution in [0.25, 0.3) is 0 Å². The summed E-state index contributed by atoms with van der Waals surface area (Å²) < 4.78 is 1.59. The minimum atomic E-state index is 1.29. The number of hydrogen-bond acceptors (Lipinski definition) is 2. The predicted octanol–water partition coefficient (Wildman–Crippen LogP) is 4.92. The molecule has 0 amide bonds. The van der Waals surface area contributed by atoms with Crippen LogP contribution < -0.4 is 2.89 Å². The SMILES string of the molecule is CCCCCCCCCCCCc1cs[c]([SnH])c1.CN(C)C. The average Bonchev–Trinajstić information content (AvgIpc) is 2.86. The smallest absolute Gasteiger partial charge is 0.0140 e. The molecule has 0 saturated carbocycles. The third-order valence-corrected chi connectivity index (χ3v) is 5.94. The van der Waals surface area contributed by atoms with Crippen molar-refractivity contribution in [1.29, 1.82) is 0 Å². The van der Waals surface area contributed by atoms with Gasteiger partial charge in [0.2, 0.25) is 0 Å². The summed E-state index contributed by atoms with van der Waals surface area (Å²) in [4.78, 5) is 2.00. The number of rotatable bonds is 11. The zero-order valence-electron chi connectivity index (χ0n) is 15.4. The Morgan fingerprint density at radius 3 is 1.73 bits per heavy atom. The van der Waals surface area contributed by atoms with E-state index in [1.165, 1.54) is 93.2 Å².